The van der Waals surface area contributed by atoms with Crippen molar-refractivity contribution in [2.24, 2.45) is 0 Å². The molecule has 0 aromatic carbocycles. The summed E-state index contributed by atoms with van der Waals surface area (Å²) in [4.78, 5) is 7.55. The summed E-state index contributed by atoms with van der Waals surface area (Å²) in [5.41, 5.74) is 6.30. The molecule has 90 valence electrons. The van der Waals surface area contributed by atoms with Crippen LogP contribution in [0.25, 0.3) is 0 Å². The Morgan fingerprint density at radius 3 is 2.88 bits per heavy atom. The highest BCUT2D eigenvalue weighted by atomic mass is 79.9. The van der Waals surface area contributed by atoms with Gasteiger partial charge in [-0.15, -0.1) is 11.3 Å². The van der Waals surface area contributed by atoms with Gasteiger partial charge in [-0.05, 0) is 34.1 Å². The van der Waals surface area contributed by atoms with Crippen molar-refractivity contribution in [3.05, 3.63) is 38.1 Å². The molecule has 0 atom stereocenters. The van der Waals surface area contributed by atoms with E-state index < -0.39 is 0 Å². The van der Waals surface area contributed by atoms with Crippen LogP contribution in [0.3, 0.4) is 0 Å². The Hall–Kier alpha value is -0.780. The Balaban J connectivity index is 2.17. The first-order chi connectivity index (χ1) is 8.06. The van der Waals surface area contributed by atoms with Crippen molar-refractivity contribution in [1.82, 2.24) is 4.98 Å². The summed E-state index contributed by atoms with van der Waals surface area (Å²) in [7, 11) is 1.98. The van der Waals surface area contributed by atoms with Gasteiger partial charge < -0.3 is 10.6 Å². The Kier molecular flexibility index (Phi) is 3.91. The van der Waals surface area contributed by atoms with Crippen molar-refractivity contribution in [3.63, 3.8) is 0 Å². The lowest BCUT2D eigenvalue weighted by molar-refractivity contribution is 0.909. The van der Waals surface area contributed by atoms with E-state index in [0.29, 0.717) is 5.69 Å². The van der Waals surface area contributed by atoms with E-state index in [4.69, 9.17) is 17.3 Å². The number of halogens is 2. The Labute approximate surface area is 117 Å². The molecule has 0 bridgehead atoms. The van der Waals surface area contributed by atoms with E-state index in [1.54, 1.807) is 17.5 Å². The third kappa shape index (κ3) is 3.12. The molecule has 2 rings (SSSR count). The summed E-state index contributed by atoms with van der Waals surface area (Å²) >= 11 is 10.9. The van der Waals surface area contributed by atoms with Crippen molar-refractivity contribution in [3.8, 4) is 0 Å². The fourth-order valence-corrected chi connectivity index (χ4v) is 3.28. The average molecular weight is 333 g/mol. The number of pyridine rings is 1. The van der Waals surface area contributed by atoms with Gasteiger partial charge in [0.2, 0.25) is 0 Å². The molecule has 0 aliphatic heterocycles. The largest absolute Gasteiger partial charge is 0.397 e. The minimum absolute atomic E-state index is 0.646. The van der Waals surface area contributed by atoms with Gasteiger partial charge in [-0.3, -0.25) is 0 Å². The number of hydrogen-bond acceptors (Lipinski definition) is 4. The molecule has 17 heavy (non-hydrogen) atoms. The summed E-state index contributed by atoms with van der Waals surface area (Å²) in [6.45, 7) is 0.771. The summed E-state index contributed by atoms with van der Waals surface area (Å²) in [6.07, 6.45) is 1.65. The fraction of sp³-hybridized carbons (Fsp3) is 0.182. The second kappa shape index (κ2) is 5.25. The Bertz CT molecular complexity index is 529. The zero-order chi connectivity index (χ0) is 12.4. The molecule has 0 amide bonds. The van der Waals surface area contributed by atoms with Crippen molar-refractivity contribution >= 4 is 50.4 Å². The van der Waals surface area contributed by atoms with Crippen LogP contribution in [0.2, 0.25) is 4.34 Å². The summed E-state index contributed by atoms with van der Waals surface area (Å²) in [5.74, 6) is 0.865. The maximum absolute atomic E-state index is 5.90. The molecule has 2 heterocycles. The van der Waals surface area contributed by atoms with Crippen LogP contribution in [0.15, 0.2) is 28.9 Å². The van der Waals surface area contributed by atoms with Gasteiger partial charge in [0.05, 0.1) is 27.2 Å². The van der Waals surface area contributed by atoms with Crippen LogP contribution in [0.5, 0.6) is 0 Å². The highest BCUT2D eigenvalue weighted by Crippen LogP contribution is 2.28. The van der Waals surface area contributed by atoms with Crippen molar-refractivity contribution in [2.75, 3.05) is 17.7 Å². The molecular formula is C11H11BrClN3S. The minimum Gasteiger partial charge on any atom is -0.397 e. The molecule has 0 spiro atoms. The fourth-order valence-electron chi connectivity index (χ4n) is 1.47. The summed E-state index contributed by atoms with van der Waals surface area (Å²) in [6, 6.07) is 5.77. The second-order valence-electron chi connectivity index (χ2n) is 3.64. The van der Waals surface area contributed by atoms with E-state index in [-0.39, 0.29) is 0 Å². The highest BCUT2D eigenvalue weighted by molar-refractivity contribution is 9.10. The van der Waals surface area contributed by atoms with Crippen LogP contribution in [0, 0.1) is 0 Å². The molecule has 0 aliphatic rings. The minimum atomic E-state index is 0.646. The third-order valence-corrected chi connectivity index (χ3v) is 4.03. The monoisotopic (exact) mass is 331 g/mol. The van der Waals surface area contributed by atoms with Crippen LogP contribution >= 0.6 is 38.9 Å². The van der Waals surface area contributed by atoms with E-state index in [1.807, 2.05) is 30.1 Å². The molecule has 2 aromatic heterocycles. The summed E-state index contributed by atoms with van der Waals surface area (Å²) < 4.78 is 1.69. The zero-order valence-corrected chi connectivity index (χ0v) is 12.3. The van der Waals surface area contributed by atoms with E-state index in [0.717, 1.165) is 21.2 Å². The highest BCUT2D eigenvalue weighted by Gasteiger charge is 2.09. The van der Waals surface area contributed by atoms with E-state index in [9.17, 15) is 0 Å². The molecule has 0 fully saturated rings. The van der Waals surface area contributed by atoms with Gasteiger partial charge in [-0.25, -0.2) is 4.98 Å². The maximum atomic E-state index is 5.90. The lowest BCUT2D eigenvalue weighted by Gasteiger charge is -2.18. The van der Waals surface area contributed by atoms with Gasteiger partial charge in [0.15, 0.2) is 0 Å². The third-order valence-electron chi connectivity index (χ3n) is 2.23. The lowest BCUT2D eigenvalue weighted by Crippen LogP contribution is -2.17. The second-order valence-corrected chi connectivity index (χ2v) is 6.29. The first-order valence-corrected chi connectivity index (χ1v) is 6.91. The molecule has 3 nitrogen and oxygen atoms in total. The molecule has 2 N–H and O–H groups in total. The summed E-state index contributed by atoms with van der Waals surface area (Å²) in [5, 5.41) is 0. The van der Waals surface area contributed by atoms with Gasteiger partial charge in [-0.1, -0.05) is 11.6 Å². The quantitative estimate of drug-likeness (QED) is 0.930. The van der Waals surface area contributed by atoms with Crippen LogP contribution in [-0.2, 0) is 6.54 Å². The molecular weight excluding hydrogens is 322 g/mol. The van der Waals surface area contributed by atoms with Gasteiger partial charge in [0.25, 0.3) is 0 Å². The average Bonchev–Trinajstić information content (AvgIpc) is 2.63. The van der Waals surface area contributed by atoms with Gasteiger partial charge in [0.1, 0.15) is 5.82 Å². The van der Waals surface area contributed by atoms with E-state index in [1.165, 1.54) is 4.88 Å². The van der Waals surface area contributed by atoms with Gasteiger partial charge in [-0.2, -0.15) is 0 Å². The number of nitrogens with zero attached hydrogens (tertiary/aromatic N) is 2. The molecule has 0 aliphatic carbocycles. The smallest absolute Gasteiger partial charge is 0.143 e. The van der Waals surface area contributed by atoms with Crippen molar-refractivity contribution < 1.29 is 0 Å². The first kappa shape index (κ1) is 12.7. The normalized spacial score (nSPS) is 10.5. The molecule has 0 radical (unpaired) electrons. The maximum Gasteiger partial charge on any atom is 0.143 e. The standard InChI is InChI=1S/C11H11BrClN3S/c1-16(6-8-2-3-10(13)17-8)11-9(12)4-7(14)5-15-11/h2-5H,6,14H2,1H3. The molecule has 6 heteroatoms. The molecule has 2 aromatic rings. The number of rotatable bonds is 3. The number of nitrogen functional groups attached to an aromatic ring is 1. The van der Waals surface area contributed by atoms with Crippen LogP contribution < -0.4 is 10.6 Å². The zero-order valence-electron chi connectivity index (χ0n) is 9.15. The van der Waals surface area contributed by atoms with E-state index >= 15 is 0 Å². The topological polar surface area (TPSA) is 42.2 Å². The molecule has 0 saturated heterocycles. The number of aromatic nitrogens is 1. The predicted molar refractivity (Wildman–Crippen MR) is 77.8 cm³/mol. The molecule has 0 saturated carbocycles. The van der Waals surface area contributed by atoms with Gasteiger partial charge >= 0.3 is 0 Å². The molecule has 0 unspecified atom stereocenters. The van der Waals surface area contributed by atoms with Crippen LogP contribution in [-0.4, -0.2) is 12.0 Å². The number of hydrogen-bond donors (Lipinski definition) is 1. The lowest BCUT2D eigenvalue weighted by atomic mass is 10.3. The SMILES string of the molecule is CN(Cc1ccc(Cl)s1)c1ncc(N)cc1Br. The predicted octanol–water partition coefficient (Wildman–Crippen LogP) is 3.78. The van der Waals surface area contributed by atoms with Crippen LogP contribution in [0.4, 0.5) is 11.5 Å². The number of thiophene rings is 1. The van der Waals surface area contributed by atoms with E-state index in [2.05, 4.69) is 20.9 Å². The van der Waals surface area contributed by atoms with Crippen LogP contribution in [0.1, 0.15) is 4.88 Å². The Morgan fingerprint density at radius 2 is 2.29 bits per heavy atom. The number of anilines is 2. The van der Waals surface area contributed by atoms with Crippen molar-refractivity contribution in [1.29, 1.82) is 0 Å². The van der Waals surface area contributed by atoms with Crippen molar-refractivity contribution in [2.45, 2.75) is 6.54 Å². The van der Waals surface area contributed by atoms with Gasteiger partial charge in [0, 0.05) is 11.9 Å². The Morgan fingerprint density at radius 1 is 1.53 bits per heavy atom. The first-order valence-electron chi connectivity index (χ1n) is 4.92. The number of nitrogens with two attached hydrogens (primary N) is 1.